The van der Waals surface area contributed by atoms with Gasteiger partial charge in [-0.3, -0.25) is 0 Å². The molecular formula is C14H17N3O2S2. The molecule has 2 aromatic heterocycles. The van der Waals surface area contributed by atoms with E-state index in [4.69, 9.17) is 17.0 Å². The van der Waals surface area contributed by atoms with E-state index in [1.54, 1.807) is 10.9 Å². The molecule has 21 heavy (non-hydrogen) atoms. The molecule has 0 aliphatic heterocycles. The van der Waals surface area contributed by atoms with Gasteiger partial charge in [0.2, 0.25) is 0 Å². The third-order valence-electron chi connectivity index (χ3n) is 3.09. The Balaban J connectivity index is 2.35. The van der Waals surface area contributed by atoms with Crippen molar-refractivity contribution in [1.82, 2.24) is 9.78 Å². The Morgan fingerprint density at radius 3 is 2.76 bits per heavy atom. The highest BCUT2D eigenvalue weighted by molar-refractivity contribution is 7.80. The molecule has 0 unspecified atom stereocenters. The van der Waals surface area contributed by atoms with Crippen LogP contribution in [0.3, 0.4) is 0 Å². The molecule has 0 spiro atoms. The van der Waals surface area contributed by atoms with Crippen LogP contribution in [-0.4, -0.2) is 28.0 Å². The van der Waals surface area contributed by atoms with E-state index in [0.717, 1.165) is 22.4 Å². The number of nitrogens with one attached hydrogen (secondary N) is 1. The van der Waals surface area contributed by atoms with Crippen molar-refractivity contribution in [3.63, 3.8) is 0 Å². The molecule has 5 nitrogen and oxygen atoms in total. The predicted molar refractivity (Wildman–Crippen MR) is 88.4 cm³/mol. The van der Waals surface area contributed by atoms with Gasteiger partial charge >= 0.3 is 5.97 Å². The van der Waals surface area contributed by atoms with Gasteiger partial charge in [-0.25, -0.2) is 9.48 Å². The van der Waals surface area contributed by atoms with E-state index >= 15 is 0 Å². The summed E-state index contributed by atoms with van der Waals surface area (Å²) in [6.45, 7) is 5.94. The third-order valence-corrected chi connectivity index (χ3v) is 4.44. The van der Waals surface area contributed by atoms with Crippen molar-refractivity contribution in [1.29, 1.82) is 0 Å². The summed E-state index contributed by atoms with van der Waals surface area (Å²) in [6, 6.07) is 0. The Labute approximate surface area is 132 Å². The Hall–Kier alpha value is -1.73. The molecule has 112 valence electrons. The molecule has 0 aromatic carbocycles. The van der Waals surface area contributed by atoms with Crippen molar-refractivity contribution in [2.24, 2.45) is 0 Å². The zero-order chi connectivity index (χ0) is 15.6. The van der Waals surface area contributed by atoms with Crippen LogP contribution in [-0.2, 0) is 11.2 Å². The first-order valence-corrected chi connectivity index (χ1v) is 7.73. The van der Waals surface area contributed by atoms with E-state index in [2.05, 4.69) is 10.4 Å². The maximum absolute atomic E-state index is 12.0. The number of nitrogens with zero attached hydrogens (tertiary/aromatic N) is 2. The van der Waals surface area contributed by atoms with Gasteiger partial charge < -0.3 is 10.1 Å². The first kappa shape index (κ1) is 15.7. The van der Waals surface area contributed by atoms with Crippen LogP contribution in [0.25, 0.3) is 0 Å². The average Bonchev–Trinajstić information content (AvgIpc) is 3.01. The molecule has 2 rings (SSSR count). The van der Waals surface area contributed by atoms with Crippen LogP contribution >= 0.6 is 23.6 Å². The van der Waals surface area contributed by atoms with E-state index in [1.807, 2.05) is 27.0 Å². The predicted octanol–water partition coefficient (Wildman–Crippen LogP) is 3.16. The summed E-state index contributed by atoms with van der Waals surface area (Å²) in [5, 5.41) is 8.39. The number of aromatic nitrogens is 2. The molecule has 0 saturated carbocycles. The number of thiophene rings is 1. The van der Waals surface area contributed by atoms with Gasteiger partial charge in [0.15, 0.2) is 5.11 Å². The molecule has 0 aliphatic rings. The fraction of sp³-hybridized carbons (Fsp3) is 0.357. The Kier molecular flexibility index (Phi) is 4.74. The minimum Gasteiger partial charge on any atom is -0.465 e. The van der Waals surface area contributed by atoms with E-state index in [1.165, 1.54) is 18.4 Å². The van der Waals surface area contributed by atoms with E-state index in [-0.39, 0.29) is 5.97 Å². The maximum atomic E-state index is 12.0. The van der Waals surface area contributed by atoms with E-state index in [0.29, 0.717) is 15.7 Å². The summed E-state index contributed by atoms with van der Waals surface area (Å²) >= 11 is 6.83. The van der Waals surface area contributed by atoms with Crippen LogP contribution in [0, 0.1) is 13.8 Å². The molecule has 0 bridgehead atoms. The van der Waals surface area contributed by atoms with Gasteiger partial charge in [0, 0.05) is 11.1 Å². The average molecular weight is 323 g/mol. The third kappa shape index (κ3) is 3.14. The molecule has 0 saturated heterocycles. The lowest BCUT2D eigenvalue weighted by Crippen LogP contribution is -2.20. The quantitative estimate of drug-likeness (QED) is 0.694. The number of esters is 1. The second-order valence-electron chi connectivity index (χ2n) is 4.58. The maximum Gasteiger partial charge on any atom is 0.341 e. The first-order valence-electron chi connectivity index (χ1n) is 6.51. The Morgan fingerprint density at radius 2 is 2.24 bits per heavy atom. The fourth-order valence-corrected chi connectivity index (χ4v) is 3.49. The van der Waals surface area contributed by atoms with Gasteiger partial charge in [0.05, 0.1) is 18.9 Å². The Morgan fingerprint density at radius 1 is 1.52 bits per heavy atom. The smallest absolute Gasteiger partial charge is 0.341 e. The van der Waals surface area contributed by atoms with Crippen molar-refractivity contribution in [2.45, 2.75) is 27.2 Å². The second kappa shape index (κ2) is 6.36. The van der Waals surface area contributed by atoms with Gasteiger partial charge in [0.1, 0.15) is 5.00 Å². The summed E-state index contributed by atoms with van der Waals surface area (Å²) in [6.07, 6.45) is 4.32. The van der Waals surface area contributed by atoms with E-state index in [9.17, 15) is 4.79 Å². The Bertz CT molecular complexity index is 688. The summed E-state index contributed by atoms with van der Waals surface area (Å²) in [5.41, 5.74) is 2.58. The number of ether oxygens (including phenoxy) is 1. The zero-order valence-corrected chi connectivity index (χ0v) is 14.0. The SMILES string of the molecule is CCc1c(C)sc(NC(=S)n2cc(C)cn2)c1C(=O)OC. The molecule has 2 aromatic rings. The monoisotopic (exact) mass is 323 g/mol. The molecule has 0 aliphatic carbocycles. The lowest BCUT2D eigenvalue weighted by molar-refractivity contribution is 0.0601. The summed E-state index contributed by atoms with van der Waals surface area (Å²) in [5.74, 6) is -0.349. The largest absolute Gasteiger partial charge is 0.465 e. The number of hydrogen-bond acceptors (Lipinski definition) is 5. The van der Waals surface area contributed by atoms with Gasteiger partial charge in [-0.2, -0.15) is 5.10 Å². The van der Waals surface area contributed by atoms with Crippen LogP contribution in [0.15, 0.2) is 12.4 Å². The molecular weight excluding hydrogens is 306 g/mol. The topological polar surface area (TPSA) is 56.2 Å². The number of carbonyl (C=O) groups excluding carboxylic acids is 1. The van der Waals surface area contributed by atoms with Crippen LogP contribution < -0.4 is 5.32 Å². The molecule has 1 N–H and O–H groups in total. The fourth-order valence-electron chi connectivity index (χ4n) is 2.09. The summed E-state index contributed by atoms with van der Waals surface area (Å²) < 4.78 is 6.46. The van der Waals surface area contributed by atoms with Crippen LogP contribution in [0.2, 0.25) is 0 Å². The second-order valence-corrected chi connectivity index (χ2v) is 6.19. The van der Waals surface area contributed by atoms with Gasteiger partial charge in [-0.05, 0) is 43.6 Å². The molecule has 7 heteroatoms. The summed E-state index contributed by atoms with van der Waals surface area (Å²) in [4.78, 5) is 13.1. The molecule has 2 heterocycles. The molecule has 0 atom stereocenters. The molecule has 0 radical (unpaired) electrons. The van der Waals surface area contributed by atoms with Crippen LogP contribution in [0.1, 0.15) is 33.3 Å². The van der Waals surface area contributed by atoms with Crippen molar-refractivity contribution in [3.05, 3.63) is 34.0 Å². The number of carbonyl (C=O) groups is 1. The van der Waals surface area contributed by atoms with Crippen molar-refractivity contribution in [2.75, 3.05) is 12.4 Å². The minimum atomic E-state index is -0.349. The number of rotatable bonds is 3. The number of methoxy groups -OCH3 is 1. The first-order chi connectivity index (χ1) is 9.97. The summed E-state index contributed by atoms with van der Waals surface area (Å²) in [7, 11) is 1.38. The lowest BCUT2D eigenvalue weighted by atomic mass is 10.1. The number of thiocarbonyl (C=S) groups is 1. The van der Waals surface area contributed by atoms with Crippen molar-refractivity contribution in [3.8, 4) is 0 Å². The van der Waals surface area contributed by atoms with Crippen molar-refractivity contribution >= 4 is 39.6 Å². The van der Waals surface area contributed by atoms with Crippen molar-refractivity contribution < 1.29 is 9.53 Å². The lowest BCUT2D eigenvalue weighted by Gasteiger charge is -2.08. The van der Waals surface area contributed by atoms with Crippen LogP contribution in [0.4, 0.5) is 5.00 Å². The molecule has 0 amide bonds. The highest BCUT2D eigenvalue weighted by atomic mass is 32.1. The highest BCUT2D eigenvalue weighted by Gasteiger charge is 2.22. The van der Waals surface area contributed by atoms with E-state index < -0.39 is 0 Å². The number of anilines is 1. The number of aryl methyl sites for hydroxylation is 2. The molecule has 0 fully saturated rings. The van der Waals surface area contributed by atoms with Gasteiger partial charge in [-0.15, -0.1) is 11.3 Å². The normalized spacial score (nSPS) is 10.5. The number of hydrogen-bond donors (Lipinski definition) is 1. The highest BCUT2D eigenvalue weighted by Crippen LogP contribution is 2.34. The zero-order valence-electron chi connectivity index (χ0n) is 12.4. The standard InChI is InChI=1S/C14H17N3O2S2/c1-5-10-9(3)21-12(11(10)13(18)19-4)16-14(20)17-7-8(2)6-15-17/h6-7H,5H2,1-4H3,(H,16,20). The van der Waals surface area contributed by atoms with Crippen LogP contribution in [0.5, 0.6) is 0 Å². The van der Waals surface area contributed by atoms with Gasteiger partial charge in [0.25, 0.3) is 0 Å². The minimum absolute atomic E-state index is 0.349. The van der Waals surface area contributed by atoms with Gasteiger partial charge in [-0.1, -0.05) is 6.92 Å².